The maximum absolute atomic E-state index is 12.2. The number of carbonyl (C=O) groups is 1. The summed E-state index contributed by atoms with van der Waals surface area (Å²) in [7, 11) is 3.17. The first-order valence-electron chi connectivity index (χ1n) is 8.81. The van der Waals surface area contributed by atoms with E-state index in [1.165, 1.54) is 0 Å². The second kappa shape index (κ2) is 8.49. The lowest BCUT2D eigenvalue weighted by Gasteiger charge is -2.14. The predicted octanol–water partition coefficient (Wildman–Crippen LogP) is 3.88. The van der Waals surface area contributed by atoms with Crippen LogP contribution in [0.3, 0.4) is 0 Å². The molecule has 0 saturated heterocycles. The van der Waals surface area contributed by atoms with Crippen molar-refractivity contribution in [3.05, 3.63) is 59.9 Å². The zero-order chi connectivity index (χ0) is 19.2. The van der Waals surface area contributed by atoms with E-state index in [-0.39, 0.29) is 12.1 Å². The van der Waals surface area contributed by atoms with Crippen molar-refractivity contribution < 1.29 is 18.7 Å². The van der Waals surface area contributed by atoms with Crippen LogP contribution in [-0.4, -0.2) is 26.3 Å². The van der Waals surface area contributed by atoms with E-state index in [2.05, 4.69) is 10.6 Å². The van der Waals surface area contributed by atoms with Gasteiger partial charge >= 0.3 is 6.03 Å². The molecule has 1 heterocycles. The molecular weight excluding hydrogens is 344 g/mol. The number of ether oxygens (including phenoxy) is 2. The van der Waals surface area contributed by atoms with Crippen LogP contribution in [0.25, 0.3) is 11.0 Å². The Labute approximate surface area is 158 Å². The summed E-state index contributed by atoms with van der Waals surface area (Å²) in [6.45, 7) is 2.34. The van der Waals surface area contributed by atoms with E-state index < -0.39 is 0 Å². The van der Waals surface area contributed by atoms with E-state index in [1.807, 2.05) is 55.5 Å². The molecule has 0 saturated carbocycles. The highest BCUT2D eigenvalue weighted by atomic mass is 16.5. The third kappa shape index (κ3) is 4.73. The second-order valence-electron chi connectivity index (χ2n) is 6.37. The smallest absolute Gasteiger partial charge is 0.315 e. The van der Waals surface area contributed by atoms with Crippen LogP contribution >= 0.6 is 0 Å². The van der Waals surface area contributed by atoms with Gasteiger partial charge in [0.15, 0.2) is 11.5 Å². The third-order valence-electron chi connectivity index (χ3n) is 4.26. The summed E-state index contributed by atoms with van der Waals surface area (Å²) in [6, 6.07) is 15.1. The summed E-state index contributed by atoms with van der Waals surface area (Å²) in [6.07, 6.45) is 0.623. The second-order valence-corrected chi connectivity index (χ2v) is 6.37. The Hall–Kier alpha value is -3.15. The Balaban J connectivity index is 1.51. The Morgan fingerprint density at radius 1 is 1.07 bits per heavy atom. The maximum Gasteiger partial charge on any atom is 0.315 e. The van der Waals surface area contributed by atoms with Crippen LogP contribution in [0.15, 0.2) is 52.9 Å². The van der Waals surface area contributed by atoms with Gasteiger partial charge in [0.05, 0.1) is 14.2 Å². The molecule has 3 rings (SSSR count). The normalized spacial score (nSPS) is 11.8. The van der Waals surface area contributed by atoms with Crippen molar-refractivity contribution in [2.45, 2.75) is 25.9 Å². The van der Waals surface area contributed by atoms with Crippen molar-refractivity contribution in [1.82, 2.24) is 10.6 Å². The van der Waals surface area contributed by atoms with Gasteiger partial charge in [-0.05, 0) is 36.8 Å². The zero-order valence-corrected chi connectivity index (χ0v) is 15.7. The fraction of sp³-hybridized carbons (Fsp3) is 0.286. The van der Waals surface area contributed by atoms with Gasteiger partial charge in [0.1, 0.15) is 11.3 Å². The number of furan rings is 1. The number of fused-ring (bicyclic) bond motifs is 1. The lowest BCUT2D eigenvalue weighted by atomic mass is 10.2. The molecule has 27 heavy (non-hydrogen) atoms. The van der Waals surface area contributed by atoms with Gasteiger partial charge in [-0.2, -0.15) is 0 Å². The molecule has 6 nitrogen and oxygen atoms in total. The molecule has 142 valence electrons. The maximum atomic E-state index is 12.2. The Morgan fingerprint density at radius 2 is 1.85 bits per heavy atom. The molecule has 2 N–H and O–H groups in total. The number of amides is 2. The summed E-state index contributed by atoms with van der Waals surface area (Å²) >= 11 is 0. The van der Waals surface area contributed by atoms with Crippen LogP contribution < -0.4 is 20.1 Å². The van der Waals surface area contributed by atoms with Gasteiger partial charge in [-0.3, -0.25) is 0 Å². The summed E-state index contributed by atoms with van der Waals surface area (Å²) in [5.74, 6) is 2.14. The van der Waals surface area contributed by atoms with Crippen molar-refractivity contribution >= 4 is 17.0 Å². The van der Waals surface area contributed by atoms with Gasteiger partial charge in [-0.15, -0.1) is 0 Å². The number of urea groups is 1. The molecule has 0 aliphatic carbocycles. The van der Waals surface area contributed by atoms with Crippen LogP contribution in [0.2, 0.25) is 0 Å². The first-order valence-corrected chi connectivity index (χ1v) is 8.81. The van der Waals surface area contributed by atoms with Gasteiger partial charge in [-0.25, -0.2) is 4.79 Å². The summed E-state index contributed by atoms with van der Waals surface area (Å²) in [4.78, 5) is 12.2. The molecule has 6 heteroatoms. The molecule has 0 aliphatic rings. The lowest BCUT2D eigenvalue weighted by Crippen LogP contribution is -2.41. The standard InChI is InChI=1S/C21H24N2O4/c1-14(10-17-12-16-6-4-5-7-18(16)27-17)23-21(24)22-13-15-8-9-19(25-2)20(11-15)26-3/h4-9,11-12,14H,10,13H2,1-3H3,(H2,22,23,24)/t14-/m0/s1. The molecule has 2 aromatic carbocycles. The number of benzene rings is 2. The Kier molecular flexibility index (Phi) is 5.86. The largest absolute Gasteiger partial charge is 0.493 e. The molecule has 2 amide bonds. The molecular formula is C21H24N2O4. The van der Waals surface area contributed by atoms with Crippen molar-refractivity contribution in [1.29, 1.82) is 0 Å². The molecule has 3 aromatic rings. The number of carbonyl (C=O) groups excluding carboxylic acids is 1. The van der Waals surface area contributed by atoms with Crippen molar-refractivity contribution in [2.24, 2.45) is 0 Å². The highest BCUT2D eigenvalue weighted by Crippen LogP contribution is 2.27. The van der Waals surface area contributed by atoms with Crippen molar-refractivity contribution in [3.8, 4) is 11.5 Å². The summed E-state index contributed by atoms with van der Waals surface area (Å²) < 4.78 is 16.3. The Morgan fingerprint density at radius 3 is 2.59 bits per heavy atom. The Bertz CT molecular complexity index is 886. The minimum atomic E-state index is -0.228. The molecule has 0 aliphatic heterocycles. The van der Waals surface area contributed by atoms with E-state index in [4.69, 9.17) is 13.9 Å². The topological polar surface area (TPSA) is 72.7 Å². The van der Waals surface area contributed by atoms with Crippen molar-refractivity contribution in [3.63, 3.8) is 0 Å². The minimum absolute atomic E-state index is 0.0593. The van der Waals surface area contributed by atoms with Crippen LogP contribution in [0, 0.1) is 0 Å². The fourth-order valence-electron chi connectivity index (χ4n) is 2.94. The fourth-order valence-corrected chi connectivity index (χ4v) is 2.94. The SMILES string of the molecule is COc1ccc(CNC(=O)N[C@@H](C)Cc2cc3ccccc3o2)cc1OC. The quantitative estimate of drug-likeness (QED) is 0.664. The van der Waals surface area contributed by atoms with Crippen LogP contribution in [0.5, 0.6) is 11.5 Å². The van der Waals surface area contributed by atoms with Crippen LogP contribution in [-0.2, 0) is 13.0 Å². The van der Waals surface area contributed by atoms with E-state index in [0.717, 1.165) is 22.3 Å². The number of nitrogens with one attached hydrogen (secondary N) is 2. The number of hydrogen-bond donors (Lipinski definition) is 2. The monoisotopic (exact) mass is 368 g/mol. The van der Waals surface area contributed by atoms with Gasteiger partial charge in [0.2, 0.25) is 0 Å². The molecule has 0 bridgehead atoms. The van der Waals surface area contributed by atoms with Gasteiger partial charge in [-0.1, -0.05) is 24.3 Å². The number of methoxy groups -OCH3 is 2. The first-order chi connectivity index (χ1) is 13.1. The number of rotatable bonds is 7. The molecule has 0 unspecified atom stereocenters. The summed E-state index contributed by atoms with van der Waals surface area (Å²) in [5, 5.41) is 6.85. The average Bonchev–Trinajstić information content (AvgIpc) is 3.08. The van der Waals surface area contributed by atoms with Crippen molar-refractivity contribution in [2.75, 3.05) is 14.2 Å². The number of hydrogen-bond acceptors (Lipinski definition) is 4. The van der Waals surface area contributed by atoms with Crippen LogP contribution in [0.4, 0.5) is 4.79 Å². The first kappa shape index (κ1) is 18.6. The van der Waals surface area contributed by atoms with Crippen LogP contribution in [0.1, 0.15) is 18.2 Å². The third-order valence-corrected chi connectivity index (χ3v) is 4.26. The predicted molar refractivity (Wildman–Crippen MR) is 104 cm³/mol. The number of para-hydroxylation sites is 1. The van der Waals surface area contributed by atoms with E-state index in [1.54, 1.807) is 14.2 Å². The highest BCUT2D eigenvalue weighted by molar-refractivity contribution is 5.77. The van der Waals surface area contributed by atoms with Gasteiger partial charge in [0, 0.05) is 24.4 Å². The molecule has 0 spiro atoms. The van der Waals surface area contributed by atoms with Gasteiger partial charge < -0.3 is 24.5 Å². The molecule has 0 fully saturated rings. The molecule has 0 radical (unpaired) electrons. The summed E-state index contributed by atoms with van der Waals surface area (Å²) in [5.41, 5.74) is 1.78. The molecule has 1 atom stereocenters. The average molecular weight is 368 g/mol. The van der Waals surface area contributed by atoms with E-state index >= 15 is 0 Å². The van der Waals surface area contributed by atoms with Gasteiger partial charge in [0.25, 0.3) is 0 Å². The highest BCUT2D eigenvalue weighted by Gasteiger charge is 2.12. The lowest BCUT2D eigenvalue weighted by molar-refractivity contribution is 0.237. The molecule has 1 aromatic heterocycles. The van der Waals surface area contributed by atoms with E-state index in [0.29, 0.717) is 24.5 Å². The van der Waals surface area contributed by atoms with E-state index in [9.17, 15) is 4.79 Å². The minimum Gasteiger partial charge on any atom is -0.493 e. The zero-order valence-electron chi connectivity index (χ0n) is 15.7.